The number of hydrogen-bond acceptors (Lipinski definition) is 5. The van der Waals surface area contributed by atoms with Gasteiger partial charge in [0.25, 0.3) is 0 Å². The van der Waals surface area contributed by atoms with E-state index in [2.05, 4.69) is 50.4 Å². The fourth-order valence-corrected chi connectivity index (χ4v) is 3.66. The van der Waals surface area contributed by atoms with E-state index in [-0.39, 0.29) is 0 Å². The van der Waals surface area contributed by atoms with Crippen LogP contribution in [0, 0.1) is 0 Å². The zero-order valence-corrected chi connectivity index (χ0v) is 14.8. The van der Waals surface area contributed by atoms with Crippen molar-refractivity contribution in [3.63, 3.8) is 0 Å². The molecule has 1 aliphatic carbocycles. The van der Waals surface area contributed by atoms with E-state index < -0.39 is 0 Å². The standard InChI is InChI=1S/C19H24N6/c1-12(2)23-19-17-14(8-9-20-19)24-25-18(17)16-10-15(21-11-22-16)13-6-4-3-5-7-13/h8-13H,3-7H2,1-2H3,(H,20,23)(H,24,25). The number of nitrogens with one attached hydrogen (secondary N) is 2. The molecule has 0 atom stereocenters. The number of fused-ring (bicyclic) bond motifs is 1. The van der Waals surface area contributed by atoms with Crippen LogP contribution in [0.1, 0.15) is 57.6 Å². The summed E-state index contributed by atoms with van der Waals surface area (Å²) in [5.74, 6) is 1.39. The molecule has 0 aliphatic heterocycles. The van der Waals surface area contributed by atoms with Crippen molar-refractivity contribution in [1.82, 2.24) is 25.1 Å². The summed E-state index contributed by atoms with van der Waals surface area (Å²) in [6, 6.07) is 4.35. The molecule has 4 rings (SSSR count). The Kier molecular flexibility index (Phi) is 4.34. The molecular formula is C19H24N6. The van der Waals surface area contributed by atoms with Crippen molar-refractivity contribution in [2.45, 2.75) is 57.9 Å². The van der Waals surface area contributed by atoms with E-state index in [1.165, 1.54) is 32.1 Å². The third-order valence-corrected chi connectivity index (χ3v) is 4.86. The third-order valence-electron chi connectivity index (χ3n) is 4.86. The molecule has 6 heteroatoms. The average Bonchev–Trinajstić information content (AvgIpc) is 3.07. The van der Waals surface area contributed by atoms with E-state index in [4.69, 9.17) is 0 Å². The van der Waals surface area contributed by atoms with E-state index in [1.807, 2.05) is 6.07 Å². The Morgan fingerprint density at radius 2 is 1.96 bits per heavy atom. The third kappa shape index (κ3) is 3.21. The van der Waals surface area contributed by atoms with Crippen molar-refractivity contribution < 1.29 is 0 Å². The van der Waals surface area contributed by atoms with Crippen LogP contribution in [0.2, 0.25) is 0 Å². The second-order valence-electron chi connectivity index (χ2n) is 7.12. The molecule has 3 aromatic heterocycles. The molecule has 3 heterocycles. The van der Waals surface area contributed by atoms with Gasteiger partial charge in [-0.15, -0.1) is 0 Å². The van der Waals surface area contributed by atoms with Crippen molar-refractivity contribution in [2.24, 2.45) is 0 Å². The number of rotatable bonds is 4. The molecule has 1 aliphatic rings. The Morgan fingerprint density at radius 1 is 1.12 bits per heavy atom. The molecule has 0 bridgehead atoms. The second kappa shape index (κ2) is 6.78. The number of H-pyrrole nitrogens is 1. The van der Waals surface area contributed by atoms with Gasteiger partial charge in [-0.2, -0.15) is 5.10 Å². The Morgan fingerprint density at radius 3 is 2.76 bits per heavy atom. The maximum absolute atomic E-state index is 4.54. The van der Waals surface area contributed by atoms with Gasteiger partial charge in [-0.1, -0.05) is 19.3 Å². The molecule has 1 saturated carbocycles. The van der Waals surface area contributed by atoms with Crippen LogP contribution in [-0.4, -0.2) is 31.2 Å². The average molecular weight is 336 g/mol. The van der Waals surface area contributed by atoms with Crippen LogP contribution in [0.3, 0.4) is 0 Å². The minimum atomic E-state index is 0.295. The Labute approximate surface area is 147 Å². The van der Waals surface area contributed by atoms with Crippen molar-refractivity contribution in [3.05, 3.63) is 30.4 Å². The zero-order chi connectivity index (χ0) is 17.2. The molecule has 0 amide bonds. The molecule has 130 valence electrons. The van der Waals surface area contributed by atoms with Crippen LogP contribution in [0.15, 0.2) is 24.7 Å². The molecule has 0 aromatic carbocycles. The molecule has 0 saturated heterocycles. The van der Waals surface area contributed by atoms with Crippen LogP contribution in [0.4, 0.5) is 5.82 Å². The first-order valence-corrected chi connectivity index (χ1v) is 9.14. The zero-order valence-electron chi connectivity index (χ0n) is 14.8. The number of aromatic amines is 1. The normalized spacial score (nSPS) is 15.8. The molecule has 0 spiro atoms. The van der Waals surface area contributed by atoms with Crippen LogP contribution in [0.25, 0.3) is 22.3 Å². The maximum atomic E-state index is 4.54. The van der Waals surface area contributed by atoms with Crippen LogP contribution >= 0.6 is 0 Å². The second-order valence-corrected chi connectivity index (χ2v) is 7.12. The van der Waals surface area contributed by atoms with Crippen LogP contribution in [0.5, 0.6) is 0 Å². The fraction of sp³-hybridized carbons (Fsp3) is 0.474. The van der Waals surface area contributed by atoms with Crippen LogP contribution < -0.4 is 5.32 Å². The Hall–Kier alpha value is -2.50. The van der Waals surface area contributed by atoms with Gasteiger partial charge in [0.15, 0.2) is 0 Å². The van der Waals surface area contributed by atoms with E-state index in [0.717, 1.165) is 33.8 Å². The monoisotopic (exact) mass is 336 g/mol. The first-order valence-electron chi connectivity index (χ1n) is 9.14. The summed E-state index contributed by atoms with van der Waals surface area (Å²) in [6.45, 7) is 4.21. The quantitative estimate of drug-likeness (QED) is 0.743. The van der Waals surface area contributed by atoms with Crippen molar-refractivity contribution in [1.29, 1.82) is 0 Å². The lowest BCUT2D eigenvalue weighted by Crippen LogP contribution is -2.11. The predicted molar refractivity (Wildman–Crippen MR) is 99.5 cm³/mol. The van der Waals surface area contributed by atoms with Gasteiger partial charge in [0.05, 0.1) is 16.6 Å². The lowest BCUT2D eigenvalue weighted by Gasteiger charge is -2.21. The molecule has 2 N–H and O–H groups in total. The highest BCUT2D eigenvalue weighted by Gasteiger charge is 2.20. The summed E-state index contributed by atoms with van der Waals surface area (Å²) in [4.78, 5) is 13.5. The van der Waals surface area contributed by atoms with Gasteiger partial charge in [-0.3, -0.25) is 5.10 Å². The number of aromatic nitrogens is 5. The van der Waals surface area contributed by atoms with Gasteiger partial charge in [0.2, 0.25) is 0 Å². The Bertz CT molecular complexity index is 863. The van der Waals surface area contributed by atoms with Gasteiger partial charge in [-0.25, -0.2) is 15.0 Å². The Balaban J connectivity index is 1.77. The topological polar surface area (TPSA) is 79.4 Å². The number of anilines is 1. The SMILES string of the molecule is CC(C)Nc1nccc2[nH]nc(-c3cc(C4CCCCC4)ncn3)c12. The van der Waals surface area contributed by atoms with Gasteiger partial charge in [-0.05, 0) is 38.8 Å². The van der Waals surface area contributed by atoms with E-state index in [0.29, 0.717) is 12.0 Å². The lowest BCUT2D eigenvalue weighted by molar-refractivity contribution is 0.436. The highest BCUT2D eigenvalue weighted by molar-refractivity contribution is 5.99. The summed E-state index contributed by atoms with van der Waals surface area (Å²) < 4.78 is 0. The molecule has 0 radical (unpaired) electrons. The molecule has 25 heavy (non-hydrogen) atoms. The first-order chi connectivity index (χ1) is 12.2. The van der Waals surface area contributed by atoms with Gasteiger partial charge in [0.1, 0.15) is 17.8 Å². The molecular weight excluding hydrogens is 312 g/mol. The summed E-state index contributed by atoms with van der Waals surface area (Å²) in [6.07, 6.45) is 9.84. The minimum absolute atomic E-state index is 0.295. The van der Waals surface area contributed by atoms with Crippen molar-refractivity contribution in [2.75, 3.05) is 5.32 Å². The highest BCUT2D eigenvalue weighted by atomic mass is 15.1. The van der Waals surface area contributed by atoms with Crippen LogP contribution in [-0.2, 0) is 0 Å². The van der Waals surface area contributed by atoms with Crippen molar-refractivity contribution in [3.8, 4) is 11.4 Å². The highest BCUT2D eigenvalue weighted by Crippen LogP contribution is 2.34. The largest absolute Gasteiger partial charge is 0.367 e. The predicted octanol–water partition coefficient (Wildman–Crippen LogP) is 4.28. The minimum Gasteiger partial charge on any atom is -0.367 e. The number of nitrogens with zero attached hydrogens (tertiary/aromatic N) is 4. The molecule has 6 nitrogen and oxygen atoms in total. The van der Waals surface area contributed by atoms with Gasteiger partial charge >= 0.3 is 0 Å². The molecule has 3 aromatic rings. The number of hydrogen-bond donors (Lipinski definition) is 2. The molecule has 1 fully saturated rings. The lowest BCUT2D eigenvalue weighted by atomic mass is 9.86. The summed E-state index contributed by atoms with van der Waals surface area (Å²) in [5, 5.41) is 12.0. The summed E-state index contributed by atoms with van der Waals surface area (Å²) >= 11 is 0. The van der Waals surface area contributed by atoms with E-state index in [9.17, 15) is 0 Å². The van der Waals surface area contributed by atoms with E-state index in [1.54, 1.807) is 12.5 Å². The molecule has 0 unspecified atom stereocenters. The van der Waals surface area contributed by atoms with Crippen molar-refractivity contribution >= 4 is 16.7 Å². The van der Waals surface area contributed by atoms with Gasteiger partial charge in [0, 0.05) is 23.9 Å². The fourth-order valence-electron chi connectivity index (χ4n) is 3.66. The number of pyridine rings is 1. The van der Waals surface area contributed by atoms with Gasteiger partial charge < -0.3 is 5.32 Å². The van der Waals surface area contributed by atoms with E-state index >= 15 is 0 Å². The maximum Gasteiger partial charge on any atom is 0.137 e. The first kappa shape index (κ1) is 16.0. The summed E-state index contributed by atoms with van der Waals surface area (Å²) in [7, 11) is 0. The smallest absolute Gasteiger partial charge is 0.137 e. The summed E-state index contributed by atoms with van der Waals surface area (Å²) in [5.41, 5.74) is 3.81.